The van der Waals surface area contributed by atoms with Crippen molar-refractivity contribution in [3.05, 3.63) is 0 Å². The third-order valence-corrected chi connectivity index (χ3v) is 4.88. The Hall–Kier alpha value is 0.350. The lowest BCUT2D eigenvalue weighted by molar-refractivity contribution is 0.199. The maximum absolute atomic E-state index is 12.0. The van der Waals surface area contributed by atoms with E-state index in [1.165, 1.54) is 0 Å². The number of ether oxygens (including phenoxy) is 1. The highest BCUT2D eigenvalue weighted by atomic mass is 79.9. The fourth-order valence-electron chi connectivity index (χ4n) is 1.44. The van der Waals surface area contributed by atoms with Gasteiger partial charge in [-0.15, -0.1) is 0 Å². The highest BCUT2D eigenvalue weighted by Crippen LogP contribution is 2.10. The normalized spacial score (nSPS) is 12.6. The summed E-state index contributed by atoms with van der Waals surface area (Å²) >= 11 is 3.32. The van der Waals surface area contributed by atoms with Crippen LogP contribution < -0.4 is 0 Å². The van der Waals surface area contributed by atoms with Crippen molar-refractivity contribution in [3.63, 3.8) is 0 Å². The van der Waals surface area contributed by atoms with Crippen molar-refractivity contribution in [1.29, 1.82) is 0 Å². The Labute approximate surface area is 108 Å². The van der Waals surface area contributed by atoms with E-state index in [-0.39, 0.29) is 11.8 Å². The second-order valence-electron chi connectivity index (χ2n) is 3.91. The fourth-order valence-corrected chi connectivity index (χ4v) is 3.45. The van der Waals surface area contributed by atoms with Gasteiger partial charge in [-0.05, 0) is 26.7 Å². The minimum absolute atomic E-state index is 0.0200. The van der Waals surface area contributed by atoms with Gasteiger partial charge < -0.3 is 4.74 Å². The van der Waals surface area contributed by atoms with Crippen LogP contribution in [0.4, 0.5) is 0 Å². The minimum atomic E-state index is -3.13. The molecule has 0 aromatic rings. The van der Waals surface area contributed by atoms with Crippen LogP contribution in [0.25, 0.3) is 0 Å². The van der Waals surface area contributed by atoms with E-state index in [4.69, 9.17) is 4.74 Å². The maximum atomic E-state index is 12.0. The average Bonchev–Trinajstić information content (AvgIpc) is 2.17. The topological polar surface area (TPSA) is 46.6 Å². The zero-order chi connectivity index (χ0) is 12.6. The lowest BCUT2D eigenvalue weighted by atomic mass is 10.4. The highest BCUT2D eigenvalue weighted by Gasteiger charge is 2.23. The Morgan fingerprint density at radius 3 is 2.38 bits per heavy atom. The second-order valence-corrected chi connectivity index (χ2v) is 6.74. The van der Waals surface area contributed by atoms with Crippen molar-refractivity contribution in [2.45, 2.75) is 32.7 Å². The van der Waals surface area contributed by atoms with Crippen LogP contribution in [0.1, 0.15) is 26.7 Å². The van der Waals surface area contributed by atoms with Gasteiger partial charge in [0.05, 0.1) is 5.75 Å². The number of alkyl halides is 1. The number of rotatable bonds is 9. The lowest BCUT2D eigenvalue weighted by Gasteiger charge is -2.25. The predicted molar refractivity (Wildman–Crippen MR) is 70.5 cm³/mol. The molecule has 0 aromatic heterocycles. The molecule has 0 amide bonds. The first-order chi connectivity index (χ1) is 7.45. The number of sulfonamides is 1. The van der Waals surface area contributed by atoms with Gasteiger partial charge in [0.25, 0.3) is 0 Å². The maximum Gasteiger partial charge on any atom is 0.214 e. The van der Waals surface area contributed by atoms with Crippen molar-refractivity contribution < 1.29 is 13.2 Å². The summed E-state index contributed by atoms with van der Waals surface area (Å²) in [6, 6.07) is 0.0200. The first-order valence-electron chi connectivity index (χ1n) is 5.50. The van der Waals surface area contributed by atoms with Crippen LogP contribution in [0.3, 0.4) is 0 Å². The summed E-state index contributed by atoms with van der Waals surface area (Å²) in [5.41, 5.74) is 0. The Morgan fingerprint density at radius 2 is 1.94 bits per heavy atom. The molecule has 0 spiro atoms. The standard InChI is InChI=1S/C10H22BrNO3S/c1-10(2)12(7-4-6-11)16(13,14)9-5-8-15-3/h10H,4-9H2,1-3H3. The van der Waals surface area contributed by atoms with E-state index in [9.17, 15) is 8.42 Å². The van der Waals surface area contributed by atoms with Crippen LogP contribution in [0.15, 0.2) is 0 Å². The van der Waals surface area contributed by atoms with Crippen LogP contribution in [-0.2, 0) is 14.8 Å². The lowest BCUT2D eigenvalue weighted by Crippen LogP contribution is -2.39. The third kappa shape index (κ3) is 6.18. The third-order valence-electron chi connectivity index (χ3n) is 2.20. The summed E-state index contributed by atoms with van der Waals surface area (Å²) in [7, 11) is -1.55. The number of methoxy groups -OCH3 is 1. The first-order valence-corrected chi connectivity index (χ1v) is 8.23. The molecule has 0 aliphatic heterocycles. The monoisotopic (exact) mass is 315 g/mol. The van der Waals surface area contributed by atoms with Crippen molar-refractivity contribution in [2.75, 3.05) is 31.3 Å². The van der Waals surface area contributed by atoms with E-state index in [0.717, 1.165) is 11.8 Å². The molecule has 6 heteroatoms. The fraction of sp³-hybridized carbons (Fsp3) is 1.00. The summed E-state index contributed by atoms with van der Waals surface area (Å²) in [6.07, 6.45) is 1.39. The molecule has 0 aliphatic carbocycles. The largest absolute Gasteiger partial charge is 0.385 e. The van der Waals surface area contributed by atoms with Gasteiger partial charge in [0, 0.05) is 31.6 Å². The molecular formula is C10H22BrNO3S. The van der Waals surface area contributed by atoms with E-state index in [2.05, 4.69) is 15.9 Å². The Kier molecular flexibility index (Phi) is 8.63. The summed E-state index contributed by atoms with van der Waals surface area (Å²) in [5, 5.41) is 0.823. The molecule has 0 N–H and O–H groups in total. The van der Waals surface area contributed by atoms with Crippen molar-refractivity contribution >= 4 is 26.0 Å². The van der Waals surface area contributed by atoms with Gasteiger partial charge in [-0.25, -0.2) is 8.42 Å². The average molecular weight is 316 g/mol. The quantitative estimate of drug-likeness (QED) is 0.482. The zero-order valence-electron chi connectivity index (χ0n) is 10.3. The Bertz CT molecular complexity index is 267. The molecule has 4 nitrogen and oxygen atoms in total. The molecule has 0 aromatic carbocycles. The molecule has 16 heavy (non-hydrogen) atoms. The molecule has 0 atom stereocenters. The predicted octanol–water partition coefficient (Wildman–Crippen LogP) is 1.85. The zero-order valence-corrected chi connectivity index (χ0v) is 12.7. The molecule has 0 bridgehead atoms. The van der Waals surface area contributed by atoms with Crippen LogP contribution >= 0.6 is 15.9 Å². The van der Waals surface area contributed by atoms with Crippen molar-refractivity contribution in [3.8, 4) is 0 Å². The van der Waals surface area contributed by atoms with Crippen LogP contribution in [-0.4, -0.2) is 50.1 Å². The summed E-state index contributed by atoms with van der Waals surface area (Å²) in [6.45, 7) is 4.88. The molecule has 0 aliphatic rings. The minimum Gasteiger partial charge on any atom is -0.385 e. The van der Waals surface area contributed by atoms with Crippen LogP contribution in [0.2, 0.25) is 0 Å². The second kappa shape index (κ2) is 8.44. The molecule has 0 saturated carbocycles. The molecule has 0 rings (SSSR count). The van der Waals surface area contributed by atoms with Gasteiger partial charge in [-0.1, -0.05) is 15.9 Å². The van der Waals surface area contributed by atoms with Gasteiger partial charge in [0.15, 0.2) is 0 Å². The molecule has 0 heterocycles. The van der Waals surface area contributed by atoms with Crippen LogP contribution in [0, 0.1) is 0 Å². The highest BCUT2D eigenvalue weighted by molar-refractivity contribution is 9.09. The van der Waals surface area contributed by atoms with E-state index in [1.807, 2.05) is 13.8 Å². The molecular weight excluding hydrogens is 294 g/mol. The summed E-state index contributed by atoms with van der Waals surface area (Å²) < 4.78 is 30.5. The van der Waals surface area contributed by atoms with E-state index in [0.29, 0.717) is 19.6 Å². The van der Waals surface area contributed by atoms with Gasteiger partial charge in [0.1, 0.15) is 0 Å². The van der Waals surface area contributed by atoms with Crippen molar-refractivity contribution in [2.24, 2.45) is 0 Å². The van der Waals surface area contributed by atoms with Gasteiger partial charge >= 0.3 is 0 Å². The number of hydrogen-bond donors (Lipinski definition) is 0. The van der Waals surface area contributed by atoms with E-state index >= 15 is 0 Å². The van der Waals surface area contributed by atoms with Gasteiger partial charge in [0.2, 0.25) is 10.0 Å². The van der Waals surface area contributed by atoms with Gasteiger partial charge in [-0.3, -0.25) is 0 Å². The Balaban J connectivity index is 4.38. The van der Waals surface area contributed by atoms with Crippen molar-refractivity contribution in [1.82, 2.24) is 4.31 Å². The smallest absolute Gasteiger partial charge is 0.214 e. The molecule has 0 unspecified atom stereocenters. The van der Waals surface area contributed by atoms with E-state index in [1.54, 1.807) is 11.4 Å². The Morgan fingerprint density at radius 1 is 1.31 bits per heavy atom. The molecule has 0 fully saturated rings. The number of hydrogen-bond acceptors (Lipinski definition) is 3. The summed E-state index contributed by atoms with van der Waals surface area (Å²) in [5.74, 6) is 0.168. The molecule has 98 valence electrons. The molecule has 0 radical (unpaired) electrons. The van der Waals surface area contributed by atoms with Crippen LogP contribution in [0.5, 0.6) is 0 Å². The first kappa shape index (κ1) is 16.4. The van der Waals surface area contributed by atoms with Gasteiger partial charge in [-0.2, -0.15) is 4.31 Å². The number of halogens is 1. The summed E-state index contributed by atoms with van der Waals surface area (Å²) in [4.78, 5) is 0. The number of nitrogens with zero attached hydrogens (tertiary/aromatic N) is 1. The SMILES string of the molecule is COCCCS(=O)(=O)N(CCCBr)C(C)C. The molecule has 0 saturated heterocycles. The van der Waals surface area contributed by atoms with E-state index < -0.39 is 10.0 Å².